The number of carbonyl (C=O) groups is 5. The molecule has 2 saturated carbocycles. The van der Waals surface area contributed by atoms with Crippen LogP contribution in [0.25, 0.3) is 11.1 Å². The highest BCUT2D eigenvalue weighted by Gasteiger charge is 2.76. The van der Waals surface area contributed by atoms with E-state index in [1.165, 1.54) is 44.1 Å². The van der Waals surface area contributed by atoms with Gasteiger partial charge in [0.15, 0.2) is 34.7 Å². The molecule has 0 bridgehead atoms. The Morgan fingerprint density at radius 3 is 2.35 bits per heavy atom. The summed E-state index contributed by atoms with van der Waals surface area (Å²) in [6.45, 7) is 2.84. The number of fused-ring (bicyclic) bond motifs is 3. The topological polar surface area (TPSA) is 224 Å². The molecule has 6 atom stereocenters. The minimum absolute atomic E-state index is 0.0334. The summed E-state index contributed by atoms with van der Waals surface area (Å²) in [6.07, 6.45) is -0.216. The Hall–Kier alpha value is -4.33. The third-order valence-corrected chi connectivity index (χ3v) is 9.65. The molecule has 2 aromatic carbocycles. The molecule has 13 nitrogen and oxygen atoms in total. The minimum atomic E-state index is -2.92. The molecule has 3 aliphatic rings. The number of nitrogens with zero attached hydrogens (tertiary/aromatic N) is 2. The fraction of sp³-hybridized carbons (Fsp3) is 0.433. The molecule has 13 heteroatoms. The van der Waals surface area contributed by atoms with Gasteiger partial charge in [-0.15, -0.1) is 0 Å². The van der Waals surface area contributed by atoms with Crippen LogP contribution in [0.2, 0.25) is 0 Å². The first kappa shape index (κ1) is 30.1. The molecule has 5 rings (SSSR count). The lowest BCUT2D eigenvalue weighted by atomic mass is 9.42. The van der Waals surface area contributed by atoms with Crippen LogP contribution in [-0.4, -0.2) is 74.8 Å². The maximum Gasteiger partial charge on any atom is 0.270 e. The zero-order valence-corrected chi connectivity index (χ0v) is 24.0. The van der Waals surface area contributed by atoms with Gasteiger partial charge in [0.2, 0.25) is 5.91 Å². The van der Waals surface area contributed by atoms with Crippen LogP contribution in [0.5, 0.6) is 5.75 Å². The first-order valence-corrected chi connectivity index (χ1v) is 13.6. The maximum atomic E-state index is 14.4. The summed E-state index contributed by atoms with van der Waals surface area (Å²) in [5.74, 6) is -9.78. The third-order valence-electron chi connectivity index (χ3n) is 9.65. The molecule has 0 saturated heterocycles. The summed E-state index contributed by atoms with van der Waals surface area (Å²) in [5.41, 5.74) is 6.07. The van der Waals surface area contributed by atoms with Gasteiger partial charge in [-0.3, -0.25) is 39.0 Å². The fourth-order valence-electron chi connectivity index (χ4n) is 8.04. The molecule has 0 radical (unpaired) electrons. The Morgan fingerprint density at radius 2 is 1.79 bits per heavy atom. The number of primary amides is 1. The SMILES string of the molecule is CN(C)[C@@H]1C(=O)C(C(N)=O)C(=O)[C@@]2(O)C(=O)C3C(=O)c4c(O)c(CN)cc(-c5cccc([N+](=O)[O-])c5)c4C[C@@]3(C)C[C@@]12C. The lowest BCUT2D eigenvalue weighted by molar-refractivity contribution is -0.384. The van der Waals surface area contributed by atoms with Crippen molar-refractivity contribution in [2.45, 2.75) is 44.9 Å². The number of nitrogens with two attached hydrogens (primary N) is 2. The number of likely N-dealkylation sites (N-methyl/N-ethyl adjacent to an activating group) is 1. The lowest BCUT2D eigenvalue weighted by Gasteiger charge is -2.61. The summed E-state index contributed by atoms with van der Waals surface area (Å²) in [6, 6.07) is 5.96. The van der Waals surface area contributed by atoms with E-state index >= 15 is 0 Å². The normalized spacial score (nSPS) is 31.8. The second-order valence-electron chi connectivity index (χ2n) is 12.6. The Morgan fingerprint density at radius 1 is 1.14 bits per heavy atom. The van der Waals surface area contributed by atoms with Crippen LogP contribution in [0.3, 0.4) is 0 Å². The van der Waals surface area contributed by atoms with Gasteiger partial charge in [-0.1, -0.05) is 26.0 Å². The van der Waals surface area contributed by atoms with Gasteiger partial charge in [-0.05, 0) is 55.1 Å². The average molecular weight is 593 g/mol. The van der Waals surface area contributed by atoms with Crippen molar-refractivity contribution in [3.05, 3.63) is 57.1 Å². The van der Waals surface area contributed by atoms with Crippen LogP contribution < -0.4 is 11.5 Å². The first-order chi connectivity index (χ1) is 20.0. The lowest BCUT2D eigenvalue weighted by Crippen LogP contribution is -2.79. The second-order valence-corrected chi connectivity index (χ2v) is 12.6. The molecule has 2 aromatic rings. The molecule has 0 aromatic heterocycles. The van der Waals surface area contributed by atoms with Crippen LogP contribution in [-0.2, 0) is 32.1 Å². The van der Waals surface area contributed by atoms with E-state index in [2.05, 4.69) is 0 Å². The number of Topliss-reactive ketones (excluding diaryl/α,β-unsaturated/α-hetero) is 4. The van der Waals surface area contributed by atoms with Crippen molar-refractivity contribution in [1.29, 1.82) is 0 Å². The number of aromatic hydroxyl groups is 1. The second kappa shape index (κ2) is 9.59. The molecule has 43 heavy (non-hydrogen) atoms. The van der Waals surface area contributed by atoms with Crippen LogP contribution >= 0.6 is 0 Å². The average Bonchev–Trinajstić information content (AvgIpc) is 2.90. The van der Waals surface area contributed by atoms with E-state index in [4.69, 9.17) is 11.5 Å². The number of aliphatic hydroxyl groups is 1. The number of nitro groups is 1. The van der Waals surface area contributed by atoms with Crippen molar-refractivity contribution in [2.24, 2.45) is 34.1 Å². The number of hydrogen-bond donors (Lipinski definition) is 4. The molecular formula is C30H32N4O9. The summed E-state index contributed by atoms with van der Waals surface area (Å²) in [5, 5.41) is 34.8. The predicted octanol–water partition coefficient (Wildman–Crippen LogP) is 0.681. The van der Waals surface area contributed by atoms with Crippen molar-refractivity contribution < 1.29 is 39.1 Å². The Bertz CT molecular complexity index is 1670. The van der Waals surface area contributed by atoms with E-state index in [0.29, 0.717) is 16.7 Å². The number of phenolic OH excluding ortho intramolecular Hbond substituents is 1. The number of hydrogen-bond acceptors (Lipinski definition) is 11. The first-order valence-electron chi connectivity index (χ1n) is 13.6. The molecule has 226 valence electrons. The highest BCUT2D eigenvalue weighted by atomic mass is 16.6. The van der Waals surface area contributed by atoms with E-state index in [9.17, 15) is 44.3 Å². The predicted molar refractivity (Wildman–Crippen MR) is 151 cm³/mol. The van der Waals surface area contributed by atoms with Crippen molar-refractivity contribution in [2.75, 3.05) is 14.1 Å². The third kappa shape index (κ3) is 3.84. The van der Waals surface area contributed by atoms with Gasteiger partial charge >= 0.3 is 0 Å². The molecule has 2 unspecified atom stereocenters. The van der Waals surface area contributed by atoms with Gasteiger partial charge in [0.25, 0.3) is 5.69 Å². The fourth-order valence-corrected chi connectivity index (χ4v) is 8.04. The van der Waals surface area contributed by atoms with Crippen LogP contribution in [0.15, 0.2) is 30.3 Å². The molecular weight excluding hydrogens is 560 g/mol. The molecule has 0 aliphatic heterocycles. The standard InChI is InChI=1S/C30H32N4O9/c1-28-10-17-16(13-6-5-7-15(8-13)34(42)43)9-14(11-31)21(35)18(17)22(36)20(28)26(39)30(41)25(38)19(27(32)40)23(37)24(33(3)4)29(30,2)12-28/h5-9,19-20,24,35,41H,10-12,31H2,1-4H3,(H2,32,40)/t19?,20?,24-,28+,29+,30-/m1/s1. The number of benzene rings is 2. The van der Waals surface area contributed by atoms with Crippen LogP contribution in [0, 0.1) is 32.8 Å². The number of non-ortho nitro benzene ring substituents is 1. The van der Waals surface area contributed by atoms with Crippen molar-refractivity contribution in [3.8, 4) is 16.9 Å². The Labute approximate surface area is 246 Å². The number of phenols is 1. The Kier molecular flexibility index (Phi) is 6.72. The number of rotatable bonds is 5. The van der Waals surface area contributed by atoms with Crippen LogP contribution in [0.1, 0.15) is 41.8 Å². The summed E-state index contributed by atoms with van der Waals surface area (Å²) in [7, 11) is 3.02. The highest BCUT2D eigenvalue weighted by Crippen LogP contribution is 2.62. The number of amides is 1. The summed E-state index contributed by atoms with van der Waals surface area (Å²) < 4.78 is 0. The van der Waals surface area contributed by atoms with E-state index in [1.807, 2.05) is 0 Å². The zero-order valence-electron chi connectivity index (χ0n) is 24.0. The van der Waals surface area contributed by atoms with Crippen molar-refractivity contribution in [3.63, 3.8) is 0 Å². The highest BCUT2D eigenvalue weighted by molar-refractivity contribution is 6.33. The number of nitro benzene ring substituents is 1. The monoisotopic (exact) mass is 592 g/mol. The molecule has 0 heterocycles. The van der Waals surface area contributed by atoms with Gasteiger partial charge in [-0.2, -0.15) is 0 Å². The summed E-state index contributed by atoms with van der Waals surface area (Å²) in [4.78, 5) is 80.6. The van der Waals surface area contributed by atoms with Gasteiger partial charge in [0, 0.05) is 29.7 Å². The molecule has 1 amide bonds. The molecule has 0 spiro atoms. The van der Waals surface area contributed by atoms with Crippen molar-refractivity contribution in [1.82, 2.24) is 4.90 Å². The van der Waals surface area contributed by atoms with E-state index in [1.54, 1.807) is 19.1 Å². The number of ketones is 4. The summed E-state index contributed by atoms with van der Waals surface area (Å²) >= 11 is 0. The minimum Gasteiger partial charge on any atom is -0.507 e. The van der Waals surface area contributed by atoms with Crippen LogP contribution in [0.4, 0.5) is 5.69 Å². The maximum absolute atomic E-state index is 14.4. The Balaban J connectivity index is 1.78. The number of carbonyl (C=O) groups excluding carboxylic acids is 5. The van der Waals surface area contributed by atoms with E-state index in [-0.39, 0.29) is 36.2 Å². The van der Waals surface area contributed by atoms with Gasteiger partial charge in [0.05, 0.1) is 22.4 Å². The quantitative estimate of drug-likeness (QED) is 0.214. The van der Waals surface area contributed by atoms with Gasteiger partial charge in [0.1, 0.15) is 5.75 Å². The van der Waals surface area contributed by atoms with Gasteiger partial charge in [-0.25, -0.2) is 0 Å². The van der Waals surface area contributed by atoms with E-state index < -0.39 is 74.0 Å². The van der Waals surface area contributed by atoms with E-state index in [0.717, 1.165) is 0 Å². The van der Waals surface area contributed by atoms with Gasteiger partial charge < -0.3 is 21.7 Å². The largest absolute Gasteiger partial charge is 0.507 e. The molecule has 3 aliphatic carbocycles. The smallest absolute Gasteiger partial charge is 0.270 e. The zero-order chi connectivity index (χ0) is 32.0. The van der Waals surface area contributed by atoms with Crippen molar-refractivity contribution >= 4 is 34.7 Å². The molecule has 2 fully saturated rings. The molecule has 6 N–H and O–H groups in total.